The first-order valence-electron chi connectivity index (χ1n) is 9.59. The van der Waals surface area contributed by atoms with Gasteiger partial charge in [0.2, 0.25) is 5.89 Å². The quantitative estimate of drug-likeness (QED) is 0.492. The van der Waals surface area contributed by atoms with Crippen molar-refractivity contribution in [2.24, 2.45) is 0 Å². The molecule has 1 heterocycles. The average molecular weight is 399 g/mol. The zero-order chi connectivity index (χ0) is 20.9. The van der Waals surface area contributed by atoms with Crippen LogP contribution in [0.25, 0.3) is 22.9 Å². The SMILES string of the molecule is Cc1cccc(NC(=O)COc2ccccc2-c2nnc(-c3ccccc3)o2)c1C. The fraction of sp³-hybridized carbons (Fsp3) is 0.125. The number of amides is 1. The molecule has 0 spiro atoms. The first-order chi connectivity index (χ1) is 14.6. The van der Waals surface area contributed by atoms with Gasteiger partial charge in [-0.25, -0.2) is 0 Å². The molecule has 1 amide bonds. The number of hydrogen-bond acceptors (Lipinski definition) is 5. The first-order valence-corrected chi connectivity index (χ1v) is 9.59. The number of benzene rings is 3. The van der Waals surface area contributed by atoms with Gasteiger partial charge >= 0.3 is 0 Å². The Labute approximate surface area is 174 Å². The maximum absolute atomic E-state index is 12.4. The minimum Gasteiger partial charge on any atom is -0.483 e. The van der Waals surface area contributed by atoms with Gasteiger partial charge in [-0.15, -0.1) is 10.2 Å². The van der Waals surface area contributed by atoms with E-state index in [2.05, 4.69) is 15.5 Å². The highest BCUT2D eigenvalue weighted by molar-refractivity contribution is 5.92. The van der Waals surface area contributed by atoms with Crippen molar-refractivity contribution in [2.75, 3.05) is 11.9 Å². The molecular formula is C24H21N3O3. The van der Waals surface area contributed by atoms with Gasteiger partial charge in [0.15, 0.2) is 6.61 Å². The molecule has 150 valence electrons. The van der Waals surface area contributed by atoms with Gasteiger partial charge in [0.1, 0.15) is 5.75 Å². The predicted molar refractivity (Wildman–Crippen MR) is 115 cm³/mol. The van der Waals surface area contributed by atoms with E-state index in [9.17, 15) is 4.79 Å². The van der Waals surface area contributed by atoms with Crippen LogP contribution in [0.4, 0.5) is 5.69 Å². The molecule has 0 bridgehead atoms. The summed E-state index contributed by atoms with van der Waals surface area (Å²) in [5.41, 5.74) is 4.39. The number of para-hydroxylation sites is 1. The van der Waals surface area contributed by atoms with E-state index in [1.165, 1.54) is 0 Å². The summed E-state index contributed by atoms with van der Waals surface area (Å²) in [6, 6.07) is 22.6. The molecular weight excluding hydrogens is 378 g/mol. The minimum absolute atomic E-state index is 0.135. The summed E-state index contributed by atoms with van der Waals surface area (Å²) in [7, 11) is 0. The first kappa shape index (κ1) is 19.4. The molecule has 0 aliphatic rings. The normalized spacial score (nSPS) is 10.6. The van der Waals surface area contributed by atoms with E-state index >= 15 is 0 Å². The number of aryl methyl sites for hydroxylation is 1. The van der Waals surface area contributed by atoms with Crippen LogP contribution in [0.2, 0.25) is 0 Å². The van der Waals surface area contributed by atoms with Crippen molar-refractivity contribution in [1.29, 1.82) is 0 Å². The van der Waals surface area contributed by atoms with Crippen LogP contribution in [-0.4, -0.2) is 22.7 Å². The summed E-state index contributed by atoms with van der Waals surface area (Å²) in [5, 5.41) is 11.2. The van der Waals surface area contributed by atoms with Crippen LogP contribution in [0, 0.1) is 13.8 Å². The molecule has 0 fully saturated rings. The molecule has 0 saturated carbocycles. The molecule has 1 aromatic heterocycles. The van der Waals surface area contributed by atoms with Crippen LogP contribution in [0.5, 0.6) is 5.75 Å². The summed E-state index contributed by atoms with van der Waals surface area (Å²) < 4.78 is 11.6. The van der Waals surface area contributed by atoms with Gasteiger partial charge in [0, 0.05) is 11.3 Å². The Kier molecular flexibility index (Phi) is 5.57. The predicted octanol–water partition coefficient (Wildman–Crippen LogP) is 5.04. The van der Waals surface area contributed by atoms with Gasteiger partial charge < -0.3 is 14.5 Å². The molecule has 6 heteroatoms. The molecule has 1 N–H and O–H groups in total. The highest BCUT2D eigenvalue weighted by atomic mass is 16.5. The lowest BCUT2D eigenvalue weighted by Gasteiger charge is -2.12. The van der Waals surface area contributed by atoms with Crippen LogP contribution >= 0.6 is 0 Å². The molecule has 0 saturated heterocycles. The largest absolute Gasteiger partial charge is 0.483 e. The van der Waals surface area contributed by atoms with Crippen molar-refractivity contribution in [3.63, 3.8) is 0 Å². The maximum atomic E-state index is 12.4. The monoisotopic (exact) mass is 399 g/mol. The Bertz CT molecular complexity index is 1170. The standard InChI is InChI=1S/C24H21N3O3/c1-16-9-8-13-20(17(16)2)25-22(28)15-29-21-14-7-6-12-19(21)24-27-26-23(30-24)18-10-4-3-5-11-18/h3-14H,15H2,1-2H3,(H,25,28). The number of hydrogen-bond donors (Lipinski definition) is 1. The number of anilines is 1. The number of rotatable bonds is 6. The van der Waals surface area contributed by atoms with E-state index < -0.39 is 0 Å². The smallest absolute Gasteiger partial charge is 0.262 e. The lowest BCUT2D eigenvalue weighted by atomic mass is 10.1. The van der Waals surface area contributed by atoms with Gasteiger partial charge in [0.25, 0.3) is 11.8 Å². The third kappa shape index (κ3) is 4.22. The van der Waals surface area contributed by atoms with E-state index in [0.29, 0.717) is 23.1 Å². The molecule has 6 nitrogen and oxygen atoms in total. The van der Waals surface area contributed by atoms with Crippen LogP contribution < -0.4 is 10.1 Å². The molecule has 30 heavy (non-hydrogen) atoms. The van der Waals surface area contributed by atoms with Crippen molar-refractivity contribution in [3.05, 3.63) is 83.9 Å². The molecule has 0 atom stereocenters. The fourth-order valence-electron chi connectivity index (χ4n) is 3.01. The lowest BCUT2D eigenvalue weighted by molar-refractivity contribution is -0.118. The van der Waals surface area contributed by atoms with E-state index in [1.807, 2.05) is 80.6 Å². The Balaban J connectivity index is 1.48. The number of carbonyl (C=O) groups is 1. The van der Waals surface area contributed by atoms with Crippen LogP contribution in [0.15, 0.2) is 77.2 Å². The third-order valence-corrected chi connectivity index (χ3v) is 4.80. The maximum Gasteiger partial charge on any atom is 0.262 e. The highest BCUT2D eigenvalue weighted by Crippen LogP contribution is 2.31. The van der Waals surface area contributed by atoms with E-state index in [1.54, 1.807) is 6.07 Å². The number of carbonyl (C=O) groups excluding carboxylic acids is 1. The van der Waals surface area contributed by atoms with Gasteiger partial charge in [-0.3, -0.25) is 4.79 Å². The second-order valence-electron chi connectivity index (χ2n) is 6.86. The van der Waals surface area contributed by atoms with Crippen LogP contribution in [0.3, 0.4) is 0 Å². The molecule has 4 rings (SSSR count). The zero-order valence-electron chi connectivity index (χ0n) is 16.8. The molecule has 0 unspecified atom stereocenters. The Morgan fingerprint density at radius 1 is 0.900 bits per heavy atom. The van der Waals surface area contributed by atoms with E-state index in [0.717, 1.165) is 22.4 Å². The molecule has 4 aromatic rings. The van der Waals surface area contributed by atoms with Gasteiger partial charge in [-0.2, -0.15) is 0 Å². The molecule has 0 radical (unpaired) electrons. The third-order valence-electron chi connectivity index (χ3n) is 4.80. The van der Waals surface area contributed by atoms with E-state index in [-0.39, 0.29) is 12.5 Å². The summed E-state index contributed by atoms with van der Waals surface area (Å²) in [5.74, 6) is 1.01. The number of ether oxygens (including phenoxy) is 1. The zero-order valence-corrected chi connectivity index (χ0v) is 16.8. The summed E-state index contributed by atoms with van der Waals surface area (Å²) in [6.07, 6.45) is 0. The van der Waals surface area contributed by atoms with Gasteiger partial charge in [0.05, 0.1) is 5.56 Å². The number of nitrogens with zero attached hydrogens (tertiary/aromatic N) is 2. The van der Waals surface area contributed by atoms with E-state index in [4.69, 9.17) is 9.15 Å². The number of nitrogens with one attached hydrogen (secondary N) is 1. The number of aromatic nitrogens is 2. The fourth-order valence-corrected chi connectivity index (χ4v) is 3.01. The lowest BCUT2D eigenvalue weighted by Crippen LogP contribution is -2.21. The minimum atomic E-state index is -0.242. The highest BCUT2D eigenvalue weighted by Gasteiger charge is 2.15. The van der Waals surface area contributed by atoms with Crippen LogP contribution in [0.1, 0.15) is 11.1 Å². The molecule has 3 aromatic carbocycles. The topological polar surface area (TPSA) is 77.2 Å². The second-order valence-corrected chi connectivity index (χ2v) is 6.86. The Morgan fingerprint density at radius 3 is 2.47 bits per heavy atom. The van der Waals surface area contributed by atoms with Gasteiger partial charge in [-0.05, 0) is 55.3 Å². The molecule has 0 aliphatic heterocycles. The average Bonchev–Trinajstić information content (AvgIpc) is 3.26. The van der Waals surface area contributed by atoms with Crippen molar-refractivity contribution >= 4 is 11.6 Å². The van der Waals surface area contributed by atoms with Crippen LogP contribution in [-0.2, 0) is 4.79 Å². The Morgan fingerprint density at radius 2 is 1.63 bits per heavy atom. The second kappa shape index (κ2) is 8.61. The Hall–Kier alpha value is -3.93. The summed E-state index contributed by atoms with van der Waals surface area (Å²) in [6.45, 7) is 3.84. The molecule has 0 aliphatic carbocycles. The summed E-state index contributed by atoms with van der Waals surface area (Å²) in [4.78, 5) is 12.4. The van der Waals surface area contributed by atoms with Crippen molar-refractivity contribution in [3.8, 4) is 28.7 Å². The van der Waals surface area contributed by atoms with Crippen molar-refractivity contribution in [2.45, 2.75) is 13.8 Å². The van der Waals surface area contributed by atoms with Crippen molar-refractivity contribution in [1.82, 2.24) is 10.2 Å². The van der Waals surface area contributed by atoms with Crippen molar-refractivity contribution < 1.29 is 13.9 Å². The summed E-state index contributed by atoms with van der Waals surface area (Å²) >= 11 is 0. The van der Waals surface area contributed by atoms with Gasteiger partial charge in [-0.1, -0.05) is 42.5 Å².